The van der Waals surface area contributed by atoms with Crippen LogP contribution in [-0.2, 0) is 24.1 Å². The maximum atomic E-state index is 12.5. The number of halogens is 1. The quantitative estimate of drug-likeness (QED) is 0.873. The zero-order valence-electron chi connectivity index (χ0n) is 15.1. The first-order valence-corrected chi connectivity index (χ1v) is 8.92. The normalized spacial score (nSPS) is 14.1. The van der Waals surface area contributed by atoms with Gasteiger partial charge in [0.1, 0.15) is 11.4 Å². The smallest absolute Gasteiger partial charge is 0.410 e. The van der Waals surface area contributed by atoms with Crippen LogP contribution >= 0.6 is 11.6 Å². The summed E-state index contributed by atoms with van der Waals surface area (Å²) in [4.78, 5) is 33.7. The minimum atomic E-state index is -0.565. The average Bonchev–Trinajstić information content (AvgIpc) is 2.55. The number of nitrogens with one attached hydrogen (secondary N) is 1. The van der Waals surface area contributed by atoms with E-state index in [-0.39, 0.29) is 12.1 Å². The van der Waals surface area contributed by atoms with Gasteiger partial charge in [0.2, 0.25) is 0 Å². The Morgan fingerprint density at radius 2 is 2.00 bits per heavy atom. The molecule has 1 aromatic carbocycles. The zero-order valence-corrected chi connectivity index (χ0v) is 15.9. The summed E-state index contributed by atoms with van der Waals surface area (Å²) in [5, 5.41) is 0.669. The fourth-order valence-corrected chi connectivity index (χ4v) is 2.96. The van der Waals surface area contributed by atoms with Gasteiger partial charge in [-0.15, -0.1) is 0 Å². The third-order valence-corrected chi connectivity index (χ3v) is 4.31. The predicted octanol–water partition coefficient (Wildman–Crippen LogP) is 3.31. The average molecular weight is 376 g/mol. The van der Waals surface area contributed by atoms with E-state index in [1.807, 2.05) is 45.0 Å². The van der Waals surface area contributed by atoms with Crippen LogP contribution in [0.1, 0.15) is 43.4 Å². The molecule has 0 saturated carbocycles. The number of hydrogen-bond donors (Lipinski definition) is 1. The van der Waals surface area contributed by atoms with Gasteiger partial charge in [0.05, 0.1) is 17.8 Å². The Kier molecular flexibility index (Phi) is 5.05. The molecule has 0 fully saturated rings. The Labute approximate surface area is 157 Å². The van der Waals surface area contributed by atoms with Gasteiger partial charge in [-0.1, -0.05) is 23.7 Å². The summed E-state index contributed by atoms with van der Waals surface area (Å²) >= 11 is 5.90. The molecule has 0 aliphatic carbocycles. The summed E-state index contributed by atoms with van der Waals surface area (Å²) < 4.78 is 5.39. The SMILES string of the molecule is CC(C)(C)OC(=O)N1CCc2nc(Cc3ccc(Cl)cc3)[nH]c(=O)c2C1. The fraction of sp³-hybridized carbons (Fsp3) is 0.421. The van der Waals surface area contributed by atoms with Gasteiger partial charge in [-0.2, -0.15) is 0 Å². The van der Waals surface area contributed by atoms with Gasteiger partial charge in [-0.25, -0.2) is 9.78 Å². The van der Waals surface area contributed by atoms with Crippen molar-refractivity contribution in [2.45, 2.75) is 45.8 Å². The number of fused-ring (bicyclic) bond motifs is 1. The van der Waals surface area contributed by atoms with E-state index in [1.165, 1.54) is 0 Å². The summed E-state index contributed by atoms with van der Waals surface area (Å²) in [6.07, 6.45) is 0.648. The Morgan fingerprint density at radius 3 is 2.65 bits per heavy atom. The van der Waals surface area contributed by atoms with E-state index in [4.69, 9.17) is 16.3 Å². The monoisotopic (exact) mass is 375 g/mol. The molecule has 3 rings (SSSR count). The molecule has 0 radical (unpaired) electrons. The Balaban J connectivity index is 1.77. The summed E-state index contributed by atoms with van der Waals surface area (Å²) in [5.41, 5.74) is 1.53. The van der Waals surface area contributed by atoms with Crippen molar-refractivity contribution in [1.29, 1.82) is 0 Å². The van der Waals surface area contributed by atoms with Crippen molar-refractivity contribution in [2.24, 2.45) is 0 Å². The summed E-state index contributed by atoms with van der Waals surface area (Å²) in [5.74, 6) is 0.613. The lowest BCUT2D eigenvalue weighted by atomic mass is 10.1. The van der Waals surface area contributed by atoms with Gasteiger partial charge < -0.3 is 14.6 Å². The summed E-state index contributed by atoms with van der Waals surface area (Å²) in [6, 6.07) is 7.44. The number of hydrogen-bond acceptors (Lipinski definition) is 4. The van der Waals surface area contributed by atoms with Crippen molar-refractivity contribution in [3.05, 3.63) is 62.3 Å². The van der Waals surface area contributed by atoms with Crippen LogP contribution in [0.3, 0.4) is 0 Å². The van der Waals surface area contributed by atoms with Gasteiger partial charge in [0, 0.05) is 24.4 Å². The topological polar surface area (TPSA) is 75.3 Å². The molecule has 138 valence electrons. The molecule has 7 heteroatoms. The first-order valence-electron chi connectivity index (χ1n) is 8.54. The predicted molar refractivity (Wildman–Crippen MR) is 99.5 cm³/mol. The van der Waals surface area contributed by atoms with Crippen LogP contribution in [0.2, 0.25) is 5.02 Å². The van der Waals surface area contributed by atoms with Gasteiger partial charge in [-0.3, -0.25) is 4.79 Å². The van der Waals surface area contributed by atoms with Crippen molar-refractivity contribution in [3.8, 4) is 0 Å². The number of benzene rings is 1. The molecule has 1 aliphatic rings. The number of carbonyl (C=O) groups excluding carboxylic acids is 1. The Morgan fingerprint density at radius 1 is 1.31 bits per heavy atom. The van der Waals surface area contributed by atoms with Crippen LogP contribution in [0.4, 0.5) is 4.79 Å². The van der Waals surface area contributed by atoms with Crippen molar-refractivity contribution >= 4 is 17.7 Å². The largest absolute Gasteiger partial charge is 0.444 e. The van der Waals surface area contributed by atoms with Gasteiger partial charge in [-0.05, 0) is 38.5 Å². The highest BCUT2D eigenvalue weighted by Gasteiger charge is 2.28. The minimum Gasteiger partial charge on any atom is -0.444 e. The molecule has 1 amide bonds. The molecule has 0 spiro atoms. The fourth-order valence-electron chi connectivity index (χ4n) is 2.84. The summed E-state index contributed by atoms with van der Waals surface area (Å²) in [7, 11) is 0. The first kappa shape index (κ1) is 18.5. The van der Waals surface area contributed by atoms with E-state index >= 15 is 0 Å². The Hall–Kier alpha value is -2.34. The van der Waals surface area contributed by atoms with Crippen molar-refractivity contribution in [2.75, 3.05) is 6.54 Å². The first-order chi connectivity index (χ1) is 12.2. The van der Waals surface area contributed by atoms with Crippen LogP contribution < -0.4 is 5.56 Å². The van der Waals surface area contributed by atoms with Gasteiger partial charge >= 0.3 is 6.09 Å². The molecule has 1 N–H and O–H groups in total. The molecular weight excluding hydrogens is 354 g/mol. The molecule has 0 unspecified atom stereocenters. The number of nitrogens with zero attached hydrogens (tertiary/aromatic N) is 2. The lowest BCUT2D eigenvalue weighted by Gasteiger charge is -2.30. The molecule has 1 aromatic heterocycles. The lowest BCUT2D eigenvalue weighted by molar-refractivity contribution is 0.0221. The van der Waals surface area contributed by atoms with E-state index in [1.54, 1.807) is 4.90 Å². The second kappa shape index (κ2) is 7.11. The van der Waals surface area contributed by atoms with Crippen molar-refractivity contribution in [1.82, 2.24) is 14.9 Å². The van der Waals surface area contributed by atoms with E-state index in [0.717, 1.165) is 11.3 Å². The molecule has 1 aliphatic heterocycles. The second-order valence-electron chi connectivity index (χ2n) is 7.39. The molecule has 0 saturated heterocycles. The highest BCUT2D eigenvalue weighted by atomic mass is 35.5. The van der Waals surface area contributed by atoms with E-state index in [2.05, 4.69) is 9.97 Å². The molecule has 6 nitrogen and oxygen atoms in total. The number of H-pyrrole nitrogens is 1. The molecule has 0 bridgehead atoms. The molecule has 26 heavy (non-hydrogen) atoms. The molecule has 0 atom stereocenters. The number of aromatic amines is 1. The van der Waals surface area contributed by atoms with E-state index < -0.39 is 11.7 Å². The van der Waals surface area contributed by atoms with E-state index in [0.29, 0.717) is 35.8 Å². The number of amides is 1. The Bertz CT molecular complexity index is 869. The highest BCUT2D eigenvalue weighted by Crippen LogP contribution is 2.18. The lowest BCUT2D eigenvalue weighted by Crippen LogP contribution is -2.42. The van der Waals surface area contributed by atoms with Crippen LogP contribution in [-0.4, -0.2) is 33.1 Å². The standard InChI is InChI=1S/C19H22ClN3O3/c1-19(2,3)26-18(25)23-9-8-15-14(11-23)17(24)22-16(21-15)10-12-4-6-13(20)7-5-12/h4-7H,8-11H2,1-3H3,(H,21,22,24). The number of aromatic nitrogens is 2. The maximum Gasteiger partial charge on any atom is 0.410 e. The zero-order chi connectivity index (χ0) is 18.9. The third-order valence-electron chi connectivity index (χ3n) is 4.05. The number of rotatable bonds is 2. The van der Waals surface area contributed by atoms with Crippen LogP contribution in [0.25, 0.3) is 0 Å². The van der Waals surface area contributed by atoms with Crippen LogP contribution in [0, 0.1) is 0 Å². The third kappa shape index (κ3) is 4.43. The second-order valence-corrected chi connectivity index (χ2v) is 7.83. The molecule has 2 aromatic rings. The van der Waals surface area contributed by atoms with Crippen LogP contribution in [0.5, 0.6) is 0 Å². The number of carbonyl (C=O) groups is 1. The van der Waals surface area contributed by atoms with Gasteiger partial charge in [0.25, 0.3) is 5.56 Å². The maximum absolute atomic E-state index is 12.5. The van der Waals surface area contributed by atoms with Crippen molar-refractivity contribution < 1.29 is 9.53 Å². The summed E-state index contributed by atoms with van der Waals surface area (Å²) in [6.45, 7) is 6.16. The van der Waals surface area contributed by atoms with Gasteiger partial charge in [0.15, 0.2) is 0 Å². The van der Waals surface area contributed by atoms with E-state index in [9.17, 15) is 9.59 Å². The number of ether oxygens (including phenoxy) is 1. The molecule has 2 heterocycles. The highest BCUT2D eigenvalue weighted by molar-refractivity contribution is 6.30. The molecular formula is C19H22ClN3O3. The van der Waals surface area contributed by atoms with Crippen molar-refractivity contribution in [3.63, 3.8) is 0 Å². The minimum absolute atomic E-state index is 0.202. The van der Waals surface area contributed by atoms with Crippen LogP contribution in [0.15, 0.2) is 29.1 Å².